The molecular formula is C21H20ClF3N4O2. The van der Waals surface area contributed by atoms with E-state index in [1.54, 1.807) is 16.9 Å². The molecule has 6 nitrogen and oxygen atoms in total. The Balaban J connectivity index is 1.70. The standard InChI is InChI=1S/C21H20ClF3N4O2/c1-11(2)29-19-15(9-26-29)14(8-16(27-19)12-3-4-12)20(30)28-17-7-13(22)5-6-18(17)31-10-21(23,24)25/h5-9,11-12H,3-4,10H2,1-2H3,(H,28,30). The van der Waals surface area contributed by atoms with Crippen molar-refractivity contribution in [1.29, 1.82) is 0 Å². The van der Waals surface area contributed by atoms with Gasteiger partial charge in [0.15, 0.2) is 12.3 Å². The summed E-state index contributed by atoms with van der Waals surface area (Å²) in [6.45, 7) is 2.45. The van der Waals surface area contributed by atoms with Gasteiger partial charge in [-0.3, -0.25) is 4.79 Å². The summed E-state index contributed by atoms with van der Waals surface area (Å²) >= 11 is 5.99. The van der Waals surface area contributed by atoms with Gasteiger partial charge in [-0.2, -0.15) is 18.3 Å². The predicted molar refractivity (Wildman–Crippen MR) is 111 cm³/mol. The third kappa shape index (κ3) is 4.76. The van der Waals surface area contributed by atoms with E-state index in [0.29, 0.717) is 22.5 Å². The number of carbonyl (C=O) groups excluding carboxylic acids is 1. The fraction of sp³-hybridized carbons (Fsp3) is 0.381. The molecule has 3 aromatic rings. The van der Waals surface area contributed by atoms with Crippen molar-refractivity contribution in [3.05, 3.63) is 46.7 Å². The summed E-state index contributed by atoms with van der Waals surface area (Å²) in [4.78, 5) is 17.9. The SMILES string of the molecule is CC(C)n1ncc2c(C(=O)Nc3cc(Cl)ccc3OCC(F)(F)F)cc(C3CC3)nc21. The normalized spacial score (nSPS) is 14.3. The Morgan fingerprint density at radius 3 is 2.71 bits per heavy atom. The Morgan fingerprint density at radius 2 is 2.06 bits per heavy atom. The number of pyridine rings is 1. The van der Waals surface area contributed by atoms with Gasteiger partial charge in [0, 0.05) is 22.7 Å². The van der Waals surface area contributed by atoms with Crippen LogP contribution in [0.3, 0.4) is 0 Å². The number of rotatable bonds is 6. The molecule has 10 heteroatoms. The first-order valence-electron chi connectivity index (χ1n) is 9.81. The Morgan fingerprint density at radius 1 is 1.32 bits per heavy atom. The zero-order valence-electron chi connectivity index (χ0n) is 16.8. The number of halogens is 4. The van der Waals surface area contributed by atoms with Crippen molar-refractivity contribution in [1.82, 2.24) is 14.8 Å². The van der Waals surface area contributed by atoms with Crippen LogP contribution >= 0.6 is 11.6 Å². The number of amides is 1. The van der Waals surface area contributed by atoms with Gasteiger partial charge in [-0.15, -0.1) is 0 Å². The van der Waals surface area contributed by atoms with E-state index in [1.165, 1.54) is 18.2 Å². The molecule has 0 bridgehead atoms. The number of hydrogen-bond donors (Lipinski definition) is 1. The van der Waals surface area contributed by atoms with Crippen LogP contribution in [0.2, 0.25) is 5.02 Å². The van der Waals surface area contributed by atoms with Gasteiger partial charge in [-0.1, -0.05) is 11.6 Å². The maximum absolute atomic E-state index is 13.2. The van der Waals surface area contributed by atoms with Gasteiger partial charge < -0.3 is 10.1 Å². The monoisotopic (exact) mass is 452 g/mol. The lowest BCUT2D eigenvalue weighted by Gasteiger charge is -2.15. The van der Waals surface area contributed by atoms with E-state index in [0.717, 1.165) is 18.5 Å². The summed E-state index contributed by atoms with van der Waals surface area (Å²) in [7, 11) is 0. The van der Waals surface area contributed by atoms with Gasteiger partial charge in [-0.05, 0) is 51.0 Å². The third-order valence-corrected chi connectivity index (χ3v) is 5.13. The second-order valence-electron chi connectivity index (χ2n) is 7.79. The molecule has 0 saturated heterocycles. The molecule has 1 N–H and O–H groups in total. The Labute approximate surface area is 181 Å². The van der Waals surface area contributed by atoms with Crippen LogP contribution in [0.1, 0.15) is 54.7 Å². The van der Waals surface area contributed by atoms with Crippen LogP contribution < -0.4 is 10.1 Å². The summed E-state index contributed by atoms with van der Waals surface area (Å²) in [6, 6.07) is 5.81. The molecule has 1 aromatic carbocycles. The van der Waals surface area contributed by atoms with Gasteiger partial charge >= 0.3 is 6.18 Å². The quantitative estimate of drug-likeness (QED) is 0.518. The lowest BCUT2D eigenvalue weighted by molar-refractivity contribution is -0.153. The van der Waals surface area contributed by atoms with Crippen molar-refractivity contribution >= 4 is 34.2 Å². The molecule has 0 unspecified atom stereocenters. The van der Waals surface area contributed by atoms with E-state index < -0.39 is 18.7 Å². The van der Waals surface area contributed by atoms with Crippen LogP contribution in [-0.4, -0.2) is 33.5 Å². The minimum absolute atomic E-state index is 0.0469. The summed E-state index contributed by atoms with van der Waals surface area (Å²) in [5, 5.41) is 7.81. The molecule has 2 heterocycles. The average Bonchev–Trinajstić information content (AvgIpc) is 3.44. The largest absolute Gasteiger partial charge is 0.482 e. The highest BCUT2D eigenvalue weighted by molar-refractivity contribution is 6.31. The lowest BCUT2D eigenvalue weighted by Crippen LogP contribution is -2.20. The van der Waals surface area contributed by atoms with Crippen molar-refractivity contribution in [3.63, 3.8) is 0 Å². The molecule has 0 radical (unpaired) electrons. The van der Waals surface area contributed by atoms with Gasteiger partial charge in [0.25, 0.3) is 5.91 Å². The number of aromatic nitrogens is 3. The van der Waals surface area contributed by atoms with E-state index in [9.17, 15) is 18.0 Å². The molecule has 1 aliphatic carbocycles. The maximum atomic E-state index is 13.2. The zero-order chi connectivity index (χ0) is 22.3. The molecule has 2 aromatic heterocycles. The van der Waals surface area contributed by atoms with Crippen molar-refractivity contribution in [2.24, 2.45) is 0 Å². The van der Waals surface area contributed by atoms with Crippen LogP contribution in [0.25, 0.3) is 11.0 Å². The number of benzene rings is 1. The van der Waals surface area contributed by atoms with Gasteiger partial charge in [0.05, 0.1) is 22.8 Å². The molecule has 1 saturated carbocycles. The van der Waals surface area contributed by atoms with Crippen molar-refractivity contribution < 1.29 is 22.7 Å². The second-order valence-corrected chi connectivity index (χ2v) is 8.22. The lowest BCUT2D eigenvalue weighted by atomic mass is 10.1. The topological polar surface area (TPSA) is 69.0 Å². The molecule has 0 atom stereocenters. The average molecular weight is 453 g/mol. The number of nitrogens with zero attached hydrogens (tertiary/aromatic N) is 3. The van der Waals surface area contributed by atoms with Crippen LogP contribution in [0.4, 0.5) is 18.9 Å². The maximum Gasteiger partial charge on any atom is 0.422 e. The Bertz CT molecular complexity index is 1140. The number of nitrogens with one attached hydrogen (secondary N) is 1. The first-order chi connectivity index (χ1) is 14.6. The number of fused-ring (bicyclic) bond motifs is 1. The predicted octanol–water partition coefficient (Wildman–Crippen LogP) is 5.74. The van der Waals surface area contributed by atoms with E-state index in [1.807, 2.05) is 13.8 Å². The van der Waals surface area contributed by atoms with Crippen LogP contribution in [0, 0.1) is 0 Å². The number of carbonyl (C=O) groups is 1. The summed E-state index contributed by atoms with van der Waals surface area (Å²) in [6.07, 6.45) is -0.937. The Hall–Kier alpha value is -2.81. The first-order valence-corrected chi connectivity index (χ1v) is 10.2. The first kappa shape index (κ1) is 21.4. The minimum atomic E-state index is -4.51. The van der Waals surface area contributed by atoms with Crippen molar-refractivity contribution in [3.8, 4) is 5.75 Å². The van der Waals surface area contributed by atoms with Gasteiger partial charge in [0.2, 0.25) is 0 Å². The fourth-order valence-electron chi connectivity index (χ4n) is 3.27. The zero-order valence-corrected chi connectivity index (χ0v) is 17.6. The van der Waals surface area contributed by atoms with E-state index in [2.05, 4.69) is 10.4 Å². The molecule has 0 aliphatic heterocycles. The van der Waals surface area contributed by atoms with Gasteiger partial charge in [-0.25, -0.2) is 9.67 Å². The molecular weight excluding hydrogens is 433 g/mol. The van der Waals surface area contributed by atoms with Crippen LogP contribution in [0.5, 0.6) is 5.75 Å². The number of ether oxygens (including phenoxy) is 1. The highest BCUT2D eigenvalue weighted by Crippen LogP contribution is 2.40. The minimum Gasteiger partial charge on any atom is -0.482 e. The van der Waals surface area contributed by atoms with Crippen LogP contribution in [-0.2, 0) is 0 Å². The van der Waals surface area contributed by atoms with Crippen molar-refractivity contribution in [2.75, 3.05) is 11.9 Å². The summed E-state index contributed by atoms with van der Waals surface area (Å²) in [5.41, 5.74) is 1.81. The number of hydrogen-bond acceptors (Lipinski definition) is 4. The smallest absolute Gasteiger partial charge is 0.422 e. The third-order valence-electron chi connectivity index (χ3n) is 4.90. The molecule has 1 fully saturated rings. The molecule has 1 aliphatic rings. The van der Waals surface area contributed by atoms with Crippen molar-refractivity contribution in [2.45, 2.75) is 44.8 Å². The molecule has 4 rings (SSSR count). The Kier molecular flexibility index (Phi) is 5.55. The number of anilines is 1. The van der Waals surface area contributed by atoms with E-state index in [-0.39, 0.29) is 22.5 Å². The van der Waals surface area contributed by atoms with E-state index >= 15 is 0 Å². The summed E-state index contributed by atoms with van der Waals surface area (Å²) in [5.74, 6) is -0.333. The molecule has 0 spiro atoms. The van der Waals surface area contributed by atoms with Crippen LogP contribution in [0.15, 0.2) is 30.5 Å². The molecule has 1 amide bonds. The van der Waals surface area contributed by atoms with E-state index in [4.69, 9.17) is 21.3 Å². The molecule has 164 valence electrons. The highest BCUT2D eigenvalue weighted by Gasteiger charge is 2.30. The summed E-state index contributed by atoms with van der Waals surface area (Å²) < 4.78 is 44.4. The second kappa shape index (κ2) is 8.03. The number of alkyl halides is 3. The molecule has 31 heavy (non-hydrogen) atoms. The fourth-order valence-corrected chi connectivity index (χ4v) is 3.44. The highest BCUT2D eigenvalue weighted by atomic mass is 35.5. The van der Waals surface area contributed by atoms with Gasteiger partial charge in [0.1, 0.15) is 5.75 Å².